The van der Waals surface area contributed by atoms with Crippen LogP contribution in [0.2, 0.25) is 0 Å². The average Bonchev–Trinajstić information content (AvgIpc) is 2.59. The molecule has 0 saturated heterocycles. The van der Waals surface area contributed by atoms with E-state index in [9.17, 15) is 4.39 Å². The van der Waals surface area contributed by atoms with Crippen LogP contribution < -0.4 is 5.73 Å². The molecule has 3 N–H and O–H groups in total. The second-order valence-electron chi connectivity index (χ2n) is 2.54. The molecule has 0 amide bonds. The van der Waals surface area contributed by atoms with Gasteiger partial charge in [0.05, 0.1) is 7.57 Å². The summed E-state index contributed by atoms with van der Waals surface area (Å²) < 4.78 is 15.1. The first-order valence-electron chi connectivity index (χ1n) is 3.54. The molecule has 0 bridgehead atoms. The minimum absolute atomic E-state index is 0.116. The van der Waals surface area contributed by atoms with E-state index in [4.69, 9.17) is 5.73 Å². The molecule has 0 atom stereocenters. The van der Waals surface area contributed by atoms with Crippen molar-refractivity contribution in [2.24, 2.45) is 0 Å². The molecular formula is C7H4Br2FN3S. The zero-order valence-electron chi connectivity index (χ0n) is 6.64. The fraction of sp³-hybridized carbons (Fsp3) is 0. The van der Waals surface area contributed by atoms with Gasteiger partial charge in [0.1, 0.15) is 5.69 Å². The van der Waals surface area contributed by atoms with Crippen molar-refractivity contribution in [1.29, 1.82) is 0 Å². The maximum Gasteiger partial charge on any atom is 0.192 e. The number of hydrogen-bond donors (Lipinski definition) is 2. The van der Waals surface area contributed by atoms with Gasteiger partial charge in [0.15, 0.2) is 11.6 Å². The molecule has 2 aromatic heterocycles. The van der Waals surface area contributed by atoms with E-state index in [1.807, 2.05) is 0 Å². The Kier molecular flexibility index (Phi) is 2.63. The first kappa shape index (κ1) is 10.1. The van der Waals surface area contributed by atoms with Gasteiger partial charge in [-0.3, -0.25) is 5.10 Å². The number of nitrogen functional groups attached to an aromatic ring is 1. The largest absolute Gasteiger partial charge is 0.380 e. The molecule has 2 aromatic rings. The summed E-state index contributed by atoms with van der Waals surface area (Å²) in [6, 6.07) is 1.80. The van der Waals surface area contributed by atoms with Crippen molar-refractivity contribution < 1.29 is 4.39 Å². The number of aromatic amines is 1. The molecule has 7 heteroatoms. The Bertz CT molecular complexity index is 479. The second kappa shape index (κ2) is 3.63. The number of halogens is 3. The van der Waals surface area contributed by atoms with Crippen molar-refractivity contribution in [3.8, 4) is 11.3 Å². The molecule has 0 aromatic carbocycles. The Morgan fingerprint density at radius 2 is 2.21 bits per heavy atom. The van der Waals surface area contributed by atoms with Crippen molar-refractivity contribution in [3.63, 3.8) is 0 Å². The molecule has 3 nitrogen and oxygen atoms in total. The Balaban J connectivity index is 2.59. The fourth-order valence-corrected chi connectivity index (χ4v) is 3.85. The van der Waals surface area contributed by atoms with E-state index in [1.165, 1.54) is 11.3 Å². The highest BCUT2D eigenvalue weighted by Gasteiger charge is 2.16. The number of H-pyrrole nitrogens is 1. The Labute approximate surface area is 99.8 Å². The third kappa shape index (κ3) is 1.59. The van der Waals surface area contributed by atoms with E-state index in [2.05, 4.69) is 42.1 Å². The summed E-state index contributed by atoms with van der Waals surface area (Å²) in [5.74, 6) is -0.634. The maximum absolute atomic E-state index is 13.4. The quantitative estimate of drug-likeness (QED) is 0.836. The van der Waals surface area contributed by atoms with Crippen LogP contribution in [0.4, 0.5) is 10.2 Å². The van der Waals surface area contributed by atoms with E-state index in [0.29, 0.717) is 11.3 Å². The number of hydrogen-bond acceptors (Lipinski definition) is 3. The van der Waals surface area contributed by atoms with Crippen LogP contribution in [0.15, 0.2) is 13.6 Å². The molecule has 0 unspecified atom stereocenters. The van der Waals surface area contributed by atoms with Crippen molar-refractivity contribution in [3.05, 3.63) is 19.5 Å². The van der Waals surface area contributed by atoms with Crippen LogP contribution in [0.5, 0.6) is 0 Å². The topological polar surface area (TPSA) is 54.7 Å². The number of aromatic nitrogens is 2. The van der Waals surface area contributed by atoms with Crippen LogP contribution >= 0.6 is 43.2 Å². The number of anilines is 1. The Hall–Kier alpha value is -0.400. The highest BCUT2D eigenvalue weighted by atomic mass is 79.9. The van der Waals surface area contributed by atoms with Gasteiger partial charge in [-0.05, 0) is 37.9 Å². The first-order chi connectivity index (χ1) is 6.59. The minimum atomic E-state index is -0.518. The van der Waals surface area contributed by atoms with E-state index < -0.39 is 5.82 Å². The van der Waals surface area contributed by atoms with Crippen LogP contribution in [-0.4, -0.2) is 10.2 Å². The minimum Gasteiger partial charge on any atom is -0.380 e. The average molecular weight is 341 g/mol. The van der Waals surface area contributed by atoms with Crippen LogP contribution in [0.3, 0.4) is 0 Å². The summed E-state index contributed by atoms with van der Waals surface area (Å²) in [6.07, 6.45) is 0. The fourth-order valence-electron chi connectivity index (χ4n) is 1.03. The van der Waals surface area contributed by atoms with Gasteiger partial charge in [0, 0.05) is 5.56 Å². The predicted octanol–water partition coefficient (Wildman–Crippen LogP) is 3.38. The molecule has 0 aliphatic carbocycles. The van der Waals surface area contributed by atoms with Crippen LogP contribution in [0, 0.1) is 5.82 Å². The van der Waals surface area contributed by atoms with Gasteiger partial charge in [-0.25, -0.2) is 4.39 Å². The van der Waals surface area contributed by atoms with Gasteiger partial charge in [-0.15, -0.1) is 11.3 Å². The van der Waals surface area contributed by atoms with Gasteiger partial charge in [-0.2, -0.15) is 5.10 Å². The molecule has 2 heterocycles. The third-order valence-electron chi connectivity index (χ3n) is 1.66. The zero-order valence-corrected chi connectivity index (χ0v) is 10.6. The van der Waals surface area contributed by atoms with Gasteiger partial charge >= 0.3 is 0 Å². The number of thiophene rings is 1. The van der Waals surface area contributed by atoms with Crippen LogP contribution in [-0.2, 0) is 0 Å². The lowest BCUT2D eigenvalue weighted by Gasteiger charge is -1.92. The van der Waals surface area contributed by atoms with Crippen LogP contribution in [0.1, 0.15) is 0 Å². The van der Waals surface area contributed by atoms with Gasteiger partial charge in [-0.1, -0.05) is 0 Å². The van der Waals surface area contributed by atoms with Crippen molar-refractivity contribution in [2.75, 3.05) is 5.73 Å². The highest BCUT2D eigenvalue weighted by molar-refractivity contribution is 9.12. The highest BCUT2D eigenvalue weighted by Crippen LogP contribution is 2.39. The number of nitrogens with zero attached hydrogens (tertiary/aromatic N) is 1. The molecule has 14 heavy (non-hydrogen) atoms. The van der Waals surface area contributed by atoms with Crippen LogP contribution in [0.25, 0.3) is 11.3 Å². The molecule has 0 aliphatic heterocycles. The lowest BCUT2D eigenvalue weighted by Crippen LogP contribution is -1.87. The molecule has 0 fully saturated rings. The normalized spacial score (nSPS) is 10.8. The molecule has 0 aliphatic rings. The lowest BCUT2D eigenvalue weighted by atomic mass is 10.2. The van der Waals surface area contributed by atoms with Crippen molar-refractivity contribution >= 4 is 49.0 Å². The molecular weight excluding hydrogens is 337 g/mol. The number of nitrogens with two attached hydrogens (primary N) is 1. The summed E-state index contributed by atoms with van der Waals surface area (Å²) in [4.78, 5) is 0. The summed E-state index contributed by atoms with van der Waals surface area (Å²) >= 11 is 8.10. The first-order valence-corrected chi connectivity index (χ1v) is 5.94. The second-order valence-corrected chi connectivity index (χ2v) is 6.29. The summed E-state index contributed by atoms with van der Waals surface area (Å²) in [5.41, 5.74) is 6.31. The van der Waals surface area contributed by atoms with Crippen molar-refractivity contribution in [2.45, 2.75) is 0 Å². The van der Waals surface area contributed by atoms with Gasteiger partial charge in [0.25, 0.3) is 0 Å². The SMILES string of the molecule is Nc1n[nH]c(-c2cc(Br)sc2Br)c1F. The number of rotatable bonds is 1. The van der Waals surface area contributed by atoms with Gasteiger partial charge < -0.3 is 5.73 Å². The van der Waals surface area contributed by atoms with E-state index in [1.54, 1.807) is 6.07 Å². The van der Waals surface area contributed by atoms with Gasteiger partial charge in [0.2, 0.25) is 0 Å². The van der Waals surface area contributed by atoms with E-state index in [0.717, 1.165) is 7.57 Å². The third-order valence-corrected chi connectivity index (χ3v) is 4.00. The number of nitrogens with one attached hydrogen (secondary N) is 1. The Morgan fingerprint density at radius 3 is 2.64 bits per heavy atom. The molecule has 0 radical (unpaired) electrons. The molecule has 0 saturated carbocycles. The summed E-state index contributed by atoms with van der Waals surface area (Å²) in [5, 5.41) is 6.14. The Morgan fingerprint density at radius 1 is 1.50 bits per heavy atom. The van der Waals surface area contributed by atoms with Crippen molar-refractivity contribution in [1.82, 2.24) is 10.2 Å². The maximum atomic E-state index is 13.4. The standard InChI is InChI=1S/C7H4Br2FN3S/c8-3-1-2(6(9)14-3)5-4(10)7(11)13-12-5/h1H,(H3,11,12,13). The molecule has 0 spiro atoms. The smallest absolute Gasteiger partial charge is 0.192 e. The summed E-state index contributed by atoms with van der Waals surface area (Å²) in [7, 11) is 0. The van der Waals surface area contributed by atoms with E-state index in [-0.39, 0.29) is 5.82 Å². The lowest BCUT2D eigenvalue weighted by molar-refractivity contribution is 0.636. The molecule has 74 valence electrons. The summed E-state index contributed by atoms with van der Waals surface area (Å²) in [6.45, 7) is 0. The zero-order chi connectivity index (χ0) is 10.3. The monoisotopic (exact) mass is 339 g/mol. The predicted molar refractivity (Wildman–Crippen MR) is 61.7 cm³/mol. The van der Waals surface area contributed by atoms with E-state index >= 15 is 0 Å². The molecule has 2 rings (SSSR count).